The van der Waals surface area contributed by atoms with Crippen LogP contribution in [0, 0.1) is 0 Å². The van der Waals surface area contributed by atoms with Crippen LogP contribution in [0.1, 0.15) is 22.5 Å². The van der Waals surface area contributed by atoms with E-state index in [4.69, 9.17) is 5.14 Å². The van der Waals surface area contributed by atoms with Crippen LogP contribution in [-0.2, 0) is 14.8 Å². The van der Waals surface area contributed by atoms with Gasteiger partial charge < -0.3 is 15.6 Å². The normalized spacial score (nSPS) is 15.6. The molecule has 148 valence electrons. The number of benzene rings is 2. The summed E-state index contributed by atoms with van der Waals surface area (Å²) in [6.07, 6.45) is 1.84. The minimum absolute atomic E-state index is 0.0961. The van der Waals surface area contributed by atoms with Crippen molar-refractivity contribution in [3.8, 4) is 0 Å². The number of H-pyrrole nitrogens is 1. The van der Waals surface area contributed by atoms with Crippen molar-refractivity contribution < 1.29 is 18.0 Å². The molecule has 2 amide bonds. The first-order chi connectivity index (χ1) is 13.8. The first-order valence-corrected chi connectivity index (χ1v) is 10.4. The summed E-state index contributed by atoms with van der Waals surface area (Å²) < 4.78 is 23.5. The van der Waals surface area contributed by atoms with Gasteiger partial charge in [-0.3, -0.25) is 9.59 Å². The fourth-order valence-corrected chi connectivity index (χ4v) is 4.15. The Morgan fingerprint density at radius 1 is 1.10 bits per heavy atom. The number of carbonyl (C=O) groups is 2. The van der Waals surface area contributed by atoms with Crippen molar-refractivity contribution in [2.45, 2.75) is 11.3 Å². The quantitative estimate of drug-likeness (QED) is 0.491. The molecule has 9 heteroatoms. The second-order valence-electron chi connectivity index (χ2n) is 6.63. The third kappa shape index (κ3) is 3.65. The van der Waals surface area contributed by atoms with Gasteiger partial charge in [0.15, 0.2) is 0 Å². The molecule has 0 atom stereocenters. The molecule has 3 aromatic rings. The van der Waals surface area contributed by atoms with E-state index in [1.807, 2.05) is 24.3 Å². The number of sulfonamides is 1. The number of carbonyl (C=O) groups excluding carboxylic acids is 2. The van der Waals surface area contributed by atoms with E-state index in [2.05, 4.69) is 15.6 Å². The molecule has 0 aliphatic carbocycles. The second kappa shape index (κ2) is 7.19. The number of amides is 2. The number of aromatic amines is 1. The smallest absolute Gasteiger partial charge is 0.268 e. The fourth-order valence-electron chi connectivity index (χ4n) is 3.46. The Balaban J connectivity index is 1.75. The molecule has 0 spiro atoms. The van der Waals surface area contributed by atoms with Crippen LogP contribution >= 0.6 is 0 Å². The lowest BCUT2D eigenvalue weighted by Gasteiger charge is -2.09. The van der Waals surface area contributed by atoms with E-state index in [1.165, 1.54) is 24.3 Å². The van der Waals surface area contributed by atoms with Crippen molar-refractivity contribution >= 4 is 44.0 Å². The number of anilines is 1. The average Bonchev–Trinajstić information content (AvgIpc) is 2.99. The molecule has 5 N–H and O–H groups in total. The van der Waals surface area contributed by atoms with E-state index in [1.54, 1.807) is 6.07 Å². The predicted octanol–water partition coefficient (Wildman–Crippen LogP) is 1.97. The molecular weight excluding hydrogens is 392 g/mol. The van der Waals surface area contributed by atoms with Crippen LogP contribution < -0.4 is 15.8 Å². The first kappa shape index (κ1) is 18.9. The summed E-state index contributed by atoms with van der Waals surface area (Å²) in [5, 5.41) is 11.4. The molecule has 0 fully saturated rings. The molecule has 1 aromatic heterocycles. The number of primary sulfonamides is 1. The fraction of sp³-hybridized carbons (Fsp3) is 0.100. The number of hydrogen-bond donors (Lipinski definition) is 4. The van der Waals surface area contributed by atoms with Crippen LogP contribution in [0.2, 0.25) is 0 Å². The van der Waals surface area contributed by atoms with Gasteiger partial charge >= 0.3 is 0 Å². The van der Waals surface area contributed by atoms with Gasteiger partial charge in [-0.05, 0) is 30.2 Å². The van der Waals surface area contributed by atoms with Crippen LogP contribution in [0.25, 0.3) is 16.5 Å². The predicted molar refractivity (Wildman–Crippen MR) is 110 cm³/mol. The maximum Gasteiger partial charge on any atom is 0.268 e. The zero-order valence-corrected chi connectivity index (χ0v) is 16.0. The van der Waals surface area contributed by atoms with E-state index >= 15 is 0 Å². The average molecular weight is 410 g/mol. The SMILES string of the molecule is NS(=O)(=O)c1ccccc1NC(=O)C=C1CCNC(=O)c2[nH]c3ccccc3c21. The zero-order valence-electron chi connectivity index (χ0n) is 15.2. The van der Waals surface area contributed by atoms with Gasteiger partial charge in [0.25, 0.3) is 5.91 Å². The van der Waals surface area contributed by atoms with Crippen LogP contribution in [0.4, 0.5) is 5.69 Å². The number of aromatic nitrogens is 1. The van der Waals surface area contributed by atoms with Gasteiger partial charge in [-0.25, -0.2) is 13.6 Å². The van der Waals surface area contributed by atoms with Crippen molar-refractivity contribution in [1.82, 2.24) is 10.3 Å². The topological polar surface area (TPSA) is 134 Å². The summed E-state index contributed by atoms with van der Waals surface area (Å²) in [7, 11) is -3.99. The summed E-state index contributed by atoms with van der Waals surface area (Å²) in [5.41, 5.74) is 2.62. The van der Waals surface area contributed by atoms with Crippen molar-refractivity contribution in [2.75, 3.05) is 11.9 Å². The molecule has 29 heavy (non-hydrogen) atoms. The van der Waals surface area contributed by atoms with Crippen molar-refractivity contribution in [2.24, 2.45) is 5.14 Å². The van der Waals surface area contributed by atoms with Gasteiger partial charge in [-0.15, -0.1) is 0 Å². The molecule has 0 bridgehead atoms. The van der Waals surface area contributed by atoms with E-state index in [-0.39, 0.29) is 16.5 Å². The van der Waals surface area contributed by atoms with E-state index in [0.717, 1.165) is 10.9 Å². The van der Waals surface area contributed by atoms with Gasteiger partial charge in [-0.2, -0.15) is 0 Å². The lowest BCUT2D eigenvalue weighted by Crippen LogP contribution is -2.22. The third-order valence-electron chi connectivity index (χ3n) is 4.69. The standard InChI is InChI=1S/C20H18N4O4S/c21-29(27,28)16-8-4-3-7-15(16)23-17(25)11-12-9-10-22-20(26)19-18(12)13-5-1-2-6-14(13)24-19/h1-8,11,24H,9-10H2,(H,22,26)(H,23,25)(H2,21,27,28). The maximum atomic E-state index is 12.7. The second-order valence-corrected chi connectivity index (χ2v) is 8.16. The van der Waals surface area contributed by atoms with Crippen molar-refractivity contribution in [1.29, 1.82) is 0 Å². The van der Waals surface area contributed by atoms with Gasteiger partial charge in [0.1, 0.15) is 10.6 Å². The summed E-state index contributed by atoms with van der Waals surface area (Å²) in [6.45, 7) is 0.378. The highest BCUT2D eigenvalue weighted by atomic mass is 32.2. The highest BCUT2D eigenvalue weighted by Gasteiger charge is 2.24. The molecule has 2 heterocycles. The Kier molecular flexibility index (Phi) is 4.69. The minimum atomic E-state index is -3.99. The lowest BCUT2D eigenvalue weighted by atomic mass is 9.99. The first-order valence-electron chi connectivity index (χ1n) is 8.87. The maximum absolute atomic E-state index is 12.7. The van der Waals surface area contributed by atoms with Crippen LogP contribution in [0.5, 0.6) is 0 Å². The van der Waals surface area contributed by atoms with Crippen molar-refractivity contribution in [3.05, 3.63) is 65.9 Å². The van der Waals surface area contributed by atoms with Crippen LogP contribution in [0.3, 0.4) is 0 Å². The van der Waals surface area contributed by atoms with Crippen LogP contribution in [-0.4, -0.2) is 31.8 Å². The molecule has 0 saturated carbocycles. The highest BCUT2D eigenvalue weighted by Crippen LogP contribution is 2.32. The Bertz CT molecular complexity index is 1270. The number of nitrogens with one attached hydrogen (secondary N) is 3. The molecule has 4 rings (SSSR count). The number of nitrogens with two attached hydrogens (primary N) is 1. The number of para-hydroxylation sites is 2. The molecule has 0 unspecified atom stereocenters. The largest absolute Gasteiger partial charge is 0.350 e. The Morgan fingerprint density at radius 2 is 1.83 bits per heavy atom. The summed E-state index contributed by atoms with van der Waals surface area (Å²) in [6, 6.07) is 13.4. The molecule has 8 nitrogen and oxygen atoms in total. The Morgan fingerprint density at radius 3 is 2.62 bits per heavy atom. The van der Waals surface area contributed by atoms with E-state index in [0.29, 0.717) is 29.8 Å². The summed E-state index contributed by atoms with van der Waals surface area (Å²) in [5.74, 6) is -0.749. The minimum Gasteiger partial charge on any atom is -0.350 e. The van der Waals surface area contributed by atoms with Crippen molar-refractivity contribution in [3.63, 3.8) is 0 Å². The highest BCUT2D eigenvalue weighted by molar-refractivity contribution is 7.89. The molecule has 1 aliphatic heterocycles. The van der Waals surface area contributed by atoms with E-state index < -0.39 is 15.9 Å². The Hall–Kier alpha value is -3.43. The van der Waals surface area contributed by atoms with Gasteiger partial charge in [0.05, 0.1) is 5.69 Å². The number of fused-ring (bicyclic) bond motifs is 3. The number of hydrogen-bond acceptors (Lipinski definition) is 4. The molecule has 2 aromatic carbocycles. The van der Waals surface area contributed by atoms with Gasteiger partial charge in [-0.1, -0.05) is 30.3 Å². The van der Waals surface area contributed by atoms with Crippen LogP contribution in [0.15, 0.2) is 59.5 Å². The lowest BCUT2D eigenvalue weighted by molar-refractivity contribution is -0.111. The zero-order chi connectivity index (χ0) is 20.6. The molecular formula is C20H18N4O4S. The summed E-state index contributed by atoms with van der Waals surface area (Å²) >= 11 is 0. The number of rotatable bonds is 3. The van der Waals surface area contributed by atoms with Gasteiger partial charge in [0, 0.05) is 29.1 Å². The molecule has 0 radical (unpaired) electrons. The monoisotopic (exact) mass is 410 g/mol. The third-order valence-corrected chi connectivity index (χ3v) is 5.66. The Labute approximate surface area is 166 Å². The van der Waals surface area contributed by atoms with Gasteiger partial charge in [0.2, 0.25) is 15.9 Å². The van der Waals surface area contributed by atoms with E-state index in [9.17, 15) is 18.0 Å². The molecule has 0 saturated heterocycles. The summed E-state index contributed by atoms with van der Waals surface area (Å²) in [4.78, 5) is 28.0. The molecule has 1 aliphatic rings.